The Morgan fingerprint density at radius 2 is 2.06 bits per heavy atom. The number of para-hydroxylation sites is 1. The first-order chi connectivity index (χ1) is 7.47. The van der Waals surface area contributed by atoms with Crippen molar-refractivity contribution in [1.29, 1.82) is 0 Å². The van der Waals surface area contributed by atoms with Gasteiger partial charge < -0.3 is 10.0 Å². The third-order valence-electron chi connectivity index (χ3n) is 2.87. The SMILES string of the molecule is CC(=O)C[C@]1(O)C(=O)N(C)c2ccccc21. The van der Waals surface area contributed by atoms with Crippen molar-refractivity contribution in [2.24, 2.45) is 0 Å². The van der Waals surface area contributed by atoms with Crippen molar-refractivity contribution >= 4 is 17.4 Å². The van der Waals surface area contributed by atoms with Crippen molar-refractivity contribution in [2.45, 2.75) is 18.9 Å². The van der Waals surface area contributed by atoms with Crippen LogP contribution in [-0.2, 0) is 15.2 Å². The lowest BCUT2D eigenvalue weighted by atomic mass is 9.90. The normalized spacial score (nSPS) is 23.4. The Bertz CT molecular complexity index is 469. The smallest absolute Gasteiger partial charge is 0.263 e. The highest BCUT2D eigenvalue weighted by Crippen LogP contribution is 2.41. The minimum Gasteiger partial charge on any atom is -0.375 e. The second-order valence-corrected chi connectivity index (χ2v) is 4.12. The van der Waals surface area contributed by atoms with Crippen molar-refractivity contribution in [1.82, 2.24) is 0 Å². The average molecular weight is 219 g/mol. The number of benzene rings is 1. The van der Waals surface area contributed by atoms with Crippen molar-refractivity contribution in [3.05, 3.63) is 29.8 Å². The molecule has 0 bridgehead atoms. The number of nitrogens with zero attached hydrogens (tertiary/aromatic N) is 1. The van der Waals surface area contributed by atoms with Gasteiger partial charge in [0.2, 0.25) is 0 Å². The number of rotatable bonds is 2. The van der Waals surface area contributed by atoms with Crippen LogP contribution in [0, 0.1) is 0 Å². The van der Waals surface area contributed by atoms with Crippen molar-refractivity contribution in [3.8, 4) is 0 Å². The summed E-state index contributed by atoms with van der Waals surface area (Å²) in [4.78, 5) is 24.5. The van der Waals surface area contributed by atoms with Crippen molar-refractivity contribution in [3.63, 3.8) is 0 Å². The molecule has 0 aromatic heterocycles. The zero-order valence-corrected chi connectivity index (χ0v) is 9.23. The van der Waals surface area contributed by atoms with Gasteiger partial charge in [0.15, 0.2) is 5.60 Å². The molecule has 1 aromatic rings. The number of likely N-dealkylation sites (N-methyl/N-ethyl adjacent to an activating group) is 1. The number of anilines is 1. The molecule has 1 heterocycles. The molecule has 0 fully saturated rings. The summed E-state index contributed by atoms with van der Waals surface area (Å²) >= 11 is 0. The maximum absolute atomic E-state index is 11.9. The number of amides is 1. The summed E-state index contributed by atoms with van der Waals surface area (Å²) in [5.74, 6) is -0.648. The molecule has 1 aliphatic heterocycles. The first kappa shape index (κ1) is 10.8. The second-order valence-electron chi connectivity index (χ2n) is 4.12. The largest absolute Gasteiger partial charge is 0.375 e. The summed E-state index contributed by atoms with van der Waals surface area (Å²) < 4.78 is 0. The molecule has 0 radical (unpaired) electrons. The fraction of sp³-hybridized carbons (Fsp3) is 0.333. The van der Waals surface area contributed by atoms with Gasteiger partial charge in [-0.2, -0.15) is 0 Å². The van der Waals surface area contributed by atoms with E-state index in [4.69, 9.17) is 0 Å². The quantitative estimate of drug-likeness (QED) is 0.801. The predicted octanol–water partition coefficient (Wildman–Crippen LogP) is 0.830. The topological polar surface area (TPSA) is 57.6 Å². The molecule has 1 amide bonds. The van der Waals surface area contributed by atoms with E-state index in [0.717, 1.165) is 0 Å². The molecule has 1 atom stereocenters. The van der Waals surface area contributed by atoms with Crippen LogP contribution in [0.25, 0.3) is 0 Å². The van der Waals surface area contributed by atoms with Gasteiger partial charge in [-0.15, -0.1) is 0 Å². The lowest BCUT2D eigenvalue weighted by Gasteiger charge is -2.20. The highest BCUT2D eigenvalue weighted by Gasteiger charge is 2.48. The number of carbonyl (C=O) groups excluding carboxylic acids is 2. The third-order valence-corrected chi connectivity index (χ3v) is 2.87. The molecule has 0 unspecified atom stereocenters. The Morgan fingerprint density at radius 1 is 1.44 bits per heavy atom. The van der Waals surface area contributed by atoms with Crippen LogP contribution in [-0.4, -0.2) is 23.8 Å². The summed E-state index contributed by atoms with van der Waals surface area (Å²) in [6.45, 7) is 1.37. The van der Waals surface area contributed by atoms with Crippen LogP contribution in [0.3, 0.4) is 0 Å². The van der Waals surface area contributed by atoms with E-state index in [9.17, 15) is 14.7 Å². The maximum Gasteiger partial charge on any atom is 0.263 e. The molecule has 1 aliphatic rings. The monoisotopic (exact) mass is 219 g/mol. The molecule has 4 heteroatoms. The molecule has 1 aromatic carbocycles. The summed E-state index contributed by atoms with van der Waals surface area (Å²) in [6, 6.07) is 6.98. The van der Waals surface area contributed by atoms with E-state index < -0.39 is 11.5 Å². The molecule has 0 saturated carbocycles. The van der Waals surface area contributed by atoms with Crippen molar-refractivity contribution < 1.29 is 14.7 Å². The summed E-state index contributed by atoms with van der Waals surface area (Å²) in [5.41, 5.74) is -0.508. The third kappa shape index (κ3) is 1.34. The zero-order chi connectivity index (χ0) is 11.9. The summed E-state index contributed by atoms with van der Waals surface area (Å²) in [7, 11) is 1.60. The molecule has 2 rings (SSSR count). The number of carbonyl (C=O) groups is 2. The van der Waals surface area contributed by atoms with Crippen LogP contribution < -0.4 is 4.90 Å². The highest BCUT2D eigenvalue weighted by molar-refractivity contribution is 6.08. The first-order valence-electron chi connectivity index (χ1n) is 5.06. The Morgan fingerprint density at radius 3 is 2.69 bits per heavy atom. The van der Waals surface area contributed by atoms with Gasteiger partial charge in [0.1, 0.15) is 5.78 Å². The number of fused-ring (bicyclic) bond motifs is 1. The average Bonchev–Trinajstić information content (AvgIpc) is 2.42. The van der Waals surface area contributed by atoms with Gasteiger partial charge in [0.05, 0.1) is 5.69 Å². The van der Waals surface area contributed by atoms with Gasteiger partial charge in [-0.3, -0.25) is 9.59 Å². The zero-order valence-electron chi connectivity index (χ0n) is 9.23. The van der Waals surface area contributed by atoms with E-state index in [0.29, 0.717) is 11.3 Å². The van der Waals surface area contributed by atoms with E-state index in [2.05, 4.69) is 0 Å². The van der Waals surface area contributed by atoms with Crippen LogP contribution in [0.1, 0.15) is 18.9 Å². The lowest BCUT2D eigenvalue weighted by Crippen LogP contribution is -2.39. The Balaban J connectivity index is 2.56. The lowest BCUT2D eigenvalue weighted by molar-refractivity contribution is -0.141. The van der Waals surface area contributed by atoms with Crippen LogP contribution in [0.4, 0.5) is 5.69 Å². The van der Waals surface area contributed by atoms with Crippen LogP contribution in [0.2, 0.25) is 0 Å². The molecule has 0 spiro atoms. The molecule has 1 N–H and O–H groups in total. The fourth-order valence-corrected chi connectivity index (χ4v) is 2.15. The number of aliphatic hydroxyl groups is 1. The first-order valence-corrected chi connectivity index (χ1v) is 5.06. The Hall–Kier alpha value is -1.68. The second kappa shape index (κ2) is 3.42. The van der Waals surface area contributed by atoms with E-state index in [-0.39, 0.29) is 12.2 Å². The van der Waals surface area contributed by atoms with Gasteiger partial charge in [0, 0.05) is 19.0 Å². The van der Waals surface area contributed by atoms with E-state index in [1.807, 2.05) is 0 Å². The molecule has 84 valence electrons. The standard InChI is InChI=1S/C12H13NO3/c1-8(14)7-12(16)9-5-3-4-6-10(9)13(2)11(12)15/h3-6,16H,7H2,1-2H3/t12-/m1/s1. The molecule has 0 saturated heterocycles. The van der Waals surface area contributed by atoms with Gasteiger partial charge in [0.25, 0.3) is 5.91 Å². The number of Topliss-reactive ketones (excluding diaryl/α,β-unsaturated/α-hetero) is 1. The number of hydrogen-bond acceptors (Lipinski definition) is 3. The predicted molar refractivity (Wildman–Crippen MR) is 59.0 cm³/mol. The minimum atomic E-state index is -1.68. The van der Waals surface area contributed by atoms with Crippen LogP contribution >= 0.6 is 0 Å². The number of hydrogen-bond donors (Lipinski definition) is 1. The Kier molecular flexibility index (Phi) is 2.31. The Labute approximate surface area is 93.5 Å². The minimum absolute atomic E-state index is 0.173. The molecular weight excluding hydrogens is 206 g/mol. The fourth-order valence-electron chi connectivity index (χ4n) is 2.15. The number of ketones is 1. The van der Waals surface area contributed by atoms with E-state index in [1.165, 1.54) is 11.8 Å². The molecule has 16 heavy (non-hydrogen) atoms. The van der Waals surface area contributed by atoms with Gasteiger partial charge in [-0.05, 0) is 13.0 Å². The van der Waals surface area contributed by atoms with Gasteiger partial charge >= 0.3 is 0 Å². The van der Waals surface area contributed by atoms with Crippen LogP contribution in [0.5, 0.6) is 0 Å². The molecule has 4 nitrogen and oxygen atoms in total. The molecular formula is C12H13NO3. The summed E-state index contributed by atoms with van der Waals surface area (Å²) in [5, 5.41) is 10.3. The highest BCUT2D eigenvalue weighted by atomic mass is 16.3. The molecule has 0 aliphatic carbocycles. The maximum atomic E-state index is 11.9. The van der Waals surface area contributed by atoms with Crippen LogP contribution in [0.15, 0.2) is 24.3 Å². The van der Waals surface area contributed by atoms with E-state index >= 15 is 0 Å². The van der Waals surface area contributed by atoms with E-state index in [1.54, 1.807) is 31.3 Å². The summed E-state index contributed by atoms with van der Waals surface area (Å²) in [6.07, 6.45) is -0.173. The van der Waals surface area contributed by atoms with Gasteiger partial charge in [-0.1, -0.05) is 18.2 Å². The van der Waals surface area contributed by atoms with Crippen molar-refractivity contribution in [2.75, 3.05) is 11.9 Å². The van der Waals surface area contributed by atoms with Gasteiger partial charge in [-0.25, -0.2) is 0 Å².